The van der Waals surface area contributed by atoms with Crippen LogP contribution in [-0.2, 0) is 14.1 Å². The summed E-state index contributed by atoms with van der Waals surface area (Å²) in [6, 6.07) is 0. The number of hydrogen-bond acceptors (Lipinski definition) is 1. The van der Waals surface area contributed by atoms with Crippen molar-refractivity contribution in [2.24, 2.45) is 14.1 Å². The van der Waals surface area contributed by atoms with Crippen LogP contribution in [0.5, 0.6) is 0 Å². The second-order valence-electron chi connectivity index (χ2n) is 5.55. The molecule has 0 saturated heterocycles. The molecule has 0 bridgehead atoms. The van der Waals surface area contributed by atoms with Gasteiger partial charge in [0, 0.05) is 12.0 Å². The van der Waals surface area contributed by atoms with Gasteiger partial charge in [0.2, 0.25) is 5.82 Å². The Labute approximate surface area is 115 Å². The van der Waals surface area contributed by atoms with Crippen LogP contribution in [0.3, 0.4) is 0 Å². The Balaban J connectivity index is 2.87. The standard InChI is InChI=1S/C16H24N3/c1-9-10(2)12(4)15(13(5)11(9)3)16-17-19(8)14(6)18(16)7/h1-8H3/q+1. The molecule has 3 heteroatoms. The largest absolute Gasteiger partial charge is 0.309 e. The third-order valence-electron chi connectivity index (χ3n) is 4.74. The first-order valence-corrected chi connectivity index (χ1v) is 6.74. The molecule has 0 atom stereocenters. The van der Waals surface area contributed by atoms with Crippen molar-refractivity contribution in [3.63, 3.8) is 0 Å². The van der Waals surface area contributed by atoms with E-state index in [4.69, 9.17) is 5.10 Å². The first-order valence-electron chi connectivity index (χ1n) is 6.74. The van der Waals surface area contributed by atoms with Crippen molar-refractivity contribution in [1.29, 1.82) is 0 Å². The first kappa shape index (κ1) is 13.8. The quantitative estimate of drug-likeness (QED) is 0.721. The number of benzene rings is 1. The van der Waals surface area contributed by atoms with Crippen molar-refractivity contribution in [3.05, 3.63) is 33.6 Å². The molecule has 0 saturated carbocycles. The smallest absolute Gasteiger partial charge is 0.231 e. The zero-order chi connectivity index (χ0) is 14.5. The van der Waals surface area contributed by atoms with Crippen LogP contribution in [-0.4, -0.2) is 9.78 Å². The highest BCUT2D eigenvalue weighted by Gasteiger charge is 2.24. The molecule has 0 amide bonds. The summed E-state index contributed by atoms with van der Waals surface area (Å²) < 4.78 is 4.11. The lowest BCUT2D eigenvalue weighted by atomic mass is 9.89. The number of rotatable bonds is 1. The lowest BCUT2D eigenvalue weighted by Gasteiger charge is -2.15. The highest BCUT2D eigenvalue weighted by Crippen LogP contribution is 2.31. The van der Waals surface area contributed by atoms with Gasteiger partial charge in [0.15, 0.2) is 0 Å². The number of nitrogens with zero attached hydrogens (tertiary/aromatic N) is 3. The SMILES string of the molecule is Cc1c(C)c(C)c(-c2nn(C)c(C)[n+]2C)c(C)c1C. The highest BCUT2D eigenvalue weighted by atomic mass is 15.4. The summed E-state index contributed by atoms with van der Waals surface area (Å²) in [4.78, 5) is 0. The Morgan fingerprint density at radius 3 is 1.58 bits per heavy atom. The average molecular weight is 258 g/mol. The summed E-state index contributed by atoms with van der Waals surface area (Å²) >= 11 is 0. The van der Waals surface area contributed by atoms with Gasteiger partial charge in [-0.1, -0.05) is 0 Å². The molecule has 0 radical (unpaired) electrons. The predicted octanol–water partition coefficient (Wildman–Crippen LogP) is 2.76. The van der Waals surface area contributed by atoms with Crippen molar-refractivity contribution >= 4 is 0 Å². The van der Waals surface area contributed by atoms with E-state index in [2.05, 4.69) is 53.2 Å². The first-order chi connectivity index (χ1) is 8.77. The Kier molecular flexibility index (Phi) is 3.25. The second-order valence-corrected chi connectivity index (χ2v) is 5.55. The van der Waals surface area contributed by atoms with E-state index >= 15 is 0 Å². The van der Waals surface area contributed by atoms with E-state index in [0.29, 0.717) is 0 Å². The molecule has 19 heavy (non-hydrogen) atoms. The summed E-state index contributed by atoms with van der Waals surface area (Å²) in [5.74, 6) is 2.21. The molecule has 1 aromatic heterocycles. The molecule has 0 N–H and O–H groups in total. The van der Waals surface area contributed by atoms with Crippen LogP contribution in [0, 0.1) is 41.5 Å². The van der Waals surface area contributed by atoms with Crippen LogP contribution in [0.4, 0.5) is 0 Å². The van der Waals surface area contributed by atoms with Gasteiger partial charge in [0.25, 0.3) is 0 Å². The molecule has 0 spiro atoms. The van der Waals surface area contributed by atoms with E-state index in [1.165, 1.54) is 33.4 Å². The third-order valence-corrected chi connectivity index (χ3v) is 4.74. The van der Waals surface area contributed by atoms with E-state index < -0.39 is 0 Å². The molecule has 0 unspecified atom stereocenters. The summed E-state index contributed by atoms with van der Waals surface area (Å²) in [5, 5.41) is 4.69. The van der Waals surface area contributed by atoms with Crippen LogP contribution in [0.15, 0.2) is 0 Å². The van der Waals surface area contributed by atoms with Crippen molar-refractivity contribution in [3.8, 4) is 11.4 Å². The van der Waals surface area contributed by atoms with Crippen molar-refractivity contribution in [2.75, 3.05) is 0 Å². The van der Waals surface area contributed by atoms with Crippen LogP contribution in [0.1, 0.15) is 33.6 Å². The summed E-state index contributed by atoms with van der Waals surface area (Å²) in [5.41, 5.74) is 8.12. The van der Waals surface area contributed by atoms with Crippen LogP contribution >= 0.6 is 0 Å². The van der Waals surface area contributed by atoms with E-state index in [9.17, 15) is 0 Å². The van der Waals surface area contributed by atoms with Gasteiger partial charge in [-0.2, -0.15) is 0 Å². The van der Waals surface area contributed by atoms with Crippen LogP contribution in [0.2, 0.25) is 0 Å². The molecule has 1 aromatic carbocycles. The van der Waals surface area contributed by atoms with Crippen molar-refractivity contribution < 1.29 is 4.57 Å². The topological polar surface area (TPSA) is 21.7 Å². The predicted molar refractivity (Wildman–Crippen MR) is 78.2 cm³/mol. The minimum absolute atomic E-state index is 1.06. The van der Waals surface area contributed by atoms with Crippen molar-refractivity contribution in [1.82, 2.24) is 9.78 Å². The number of hydrogen-bond donors (Lipinski definition) is 0. The second kappa shape index (κ2) is 4.48. The lowest BCUT2D eigenvalue weighted by molar-refractivity contribution is -0.667. The molecule has 2 aromatic rings. The van der Waals surface area contributed by atoms with Gasteiger partial charge in [0.1, 0.15) is 0 Å². The summed E-state index contributed by atoms with van der Waals surface area (Å²) in [6.07, 6.45) is 0. The molecule has 0 aliphatic rings. The van der Waals surface area contributed by atoms with Gasteiger partial charge in [0.05, 0.1) is 19.7 Å². The Bertz CT molecular complexity index is 634. The van der Waals surface area contributed by atoms with Crippen molar-refractivity contribution in [2.45, 2.75) is 41.5 Å². The molecule has 0 fully saturated rings. The fraction of sp³-hybridized carbons (Fsp3) is 0.500. The van der Waals surface area contributed by atoms with Gasteiger partial charge in [-0.3, -0.25) is 0 Å². The maximum absolute atomic E-state index is 4.69. The zero-order valence-corrected chi connectivity index (χ0v) is 13.3. The molecule has 3 nitrogen and oxygen atoms in total. The minimum atomic E-state index is 1.06. The third kappa shape index (κ3) is 1.88. The molecule has 2 rings (SSSR count). The van der Waals surface area contributed by atoms with Crippen LogP contribution < -0.4 is 4.57 Å². The van der Waals surface area contributed by atoms with E-state index in [1.54, 1.807) is 0 Å². The monoisotopic (exact) mass is 258 g/mol. The maximum atomic E-state index is 4.69. The Morgan fingerprint density at radius 1 is 0.789 bits per heavy atom. The molecular formula is C16H24N3+. The molecule has 1 heterocycles. The fourth-order valence-corrected chi connectivity index (χ4v) is 2.70. The number of aromatic nitrogens is 3. The fourth-order valence-electron chi connectivity index (χ4n) is 2.70. The van der Waals surface area contributed by atoms with E-state index in [1.807, 2.05) is 11.7 Å². The average Bonchev–Trinajstić information content (AvgIpc) is 2.62. The molecule has 0 aliphatic carbocycles. The maximum Gasteiger partial charge on any atom is 0.309 e. The normalized spacial score (nSPS) is 11.2. The summed E-state index contributed by atoms with van der Waals surface area (Å²) in [6.45, 7) is 13.1. The van der Waals surface area contributed by atoms with Gasteiger partial charge in [-0.25, -0.2) is 4.57 Å². The van der Waals surface area contributed by atoms with Gasteiger partial charge in [-0.15, -0.1) is 4.68 Å². The lowest BCUT2D eigenvalue weighted by Crippen LogP contribution is -2.33. The minimum Gasteiger partial charge on any atom is -0.231 e. The highest BCUT2D eigenvalue weighted by molar-refractivity contribution is 5.68. The van der Waals surface area contributed by atoms with Gasteiger partial charge in [-0.05, 0) is 62.4 Å². The number of aryl methyl sites for hydroxylation is 1. The molecular weight excluding hydrogens is 234 g/mol. The van der Waals surface area contributed by atoms with Gasteiger partial charge < -0.3 is 0 Å². The Hall–Kier alpha value is -1.64. The zero-order valence-electron chi connectivity index (χ0n) is 13.3. The van der Waals surface area contributed by atoms with E-state index in [0.717, 1.165) is 11.6 Å². The molecule has 0 aliphatic heterocycles. The van der Waals surface area contributed by atoms with Crippen LogP contribution in [0.25, 0.3) is 11.4 Å². The molecule has 102 valence electrons. The Morgan fingerprint density at radius 2 is 1.21 bits per heavy atom. The van der Waals surface area contributed by atoms with E-state index in [-0.39, 0.29) is 0 Å². The summed E-state index contributed by atoms with van der Waals surface area (Å²) in [7, 11) is 4.08. The van der Waals surface area contributed by atoms with Gasteiger partial charge >= 0.3 is 5.82 Å².